The van der Waals surface area contributed by atoms with E-state index in [9.17, 15) is 9.59 Å². The van der Waals surface area contributed by atoms with Crippen molar-refractivity contribution in [2.75, 3.05) is 45.9 Å². The predicted molar refractivity (Wildman–Crippen MR) is 142 cm³/mol. The highest BCUT2D eigenvalue weighted by atomic mass is 35.5. The quantitative estimate of drug-likeness (QED) is 0.500. The monoisotopic (exact) mass is 530 g/mol. The molecule has 0 unspecified atom stereocenters. The number of nitrogens with zero attached hydrogens (tertiary/aromatic N) is 3. The Labute approximate surface area is 222 Å². The second kappa shape index (κ2) is 12.1. The number of likely N-dealkylation sites (N-methyl/N-ethyl adjacent to an activating group) is 1. The van der Waals surface area contributed by atoms with Crippen LogP contribution in [0.5, 0.6) is 0 Å². The van der Waals surface area contributed by atoms with Gasteiger partial charge in [0.1, 0.15) is 0 Å². The summed E-state index contributed by atoms with van der Waals surface area (Å²) in [5.74, 6) is -0.454. The minimum Gasteiger partial charge on any atom is -0.463 e. The summed E-state index contributed by atoms with van der Waals surface area (Å²) < 4.78 is 5.46. The Morgan fingerprint density at radius 3 is 2.28 bits per heavy atom. The Bertz CT molecular complexity index is 1120. The smallest absolute Gasteiger partial charge is 0.338 e. The molecule has 2 aromatic carbocycles. The molecule has 0 saturated carbocycles. The first-order valence-corrected chi connectivity index (χ1v) is 13.1. The highest BCUT2D eigenvalue weighted by Crippen LogP contribution is 2.36. The number of nitrogens with one attached hydrogen (secondary N) is 1. The SMILES string of the molecule is CCOC(=O)C1=C(CN2CCN(Cc3ccccc3)CC2)N(CC)C(=O)N[C@H]1c1ccc(Cl)cc1Cl. The van der Waals surface area contributed by atoms with E-state index in [2.05, 4.69) is 39.4 Å². The van der Waals surface area contributed by atoms with Crippen molar-refractivity contribution in [3.05, 3.63) is 81.0 Å². The average molecular weight is 531 g/mol. The topological polar surface area (TPSA) is 65.1 Å². The predicted octanol–water partition coefficient (Wildman–Crippen LogP) is 4.71. The number of carbonyl (C=O) groups excluding carboxylic acids is 2. The summed E-state index contributed by atoms with van der Waals surface area (Å²) in [6.45, 7) is 9.18. The molecule has 1 fully saturated rings. The van der Waals surface area contributed by atoms with Gasteiger partial charge in [-0.15, -0.1) is 0 Å². The van der Waals surface area contributed by atoms with E-state index >= 15 is 0 Å². The maximum Gasteiger partial charge on any atom is 0.338 e. The second-order valence-corrected chi connectivity index (χ2v) is 9.75. The first-order valence-electron chi connectivity index (χ1n) is 12.3. The van der Waals surface area contributed by atoms with Crippen molar-refractivity contribution in [3.8, 4) is 0 Å². The van der Waals surface area contributed by atoms with Gasteiger partial charge in [0.25, 0.3) is 0 Å². The van der Waals surface area contributed by atoms with Crippen LogP contribution in [0, 0.1) is 0 Å². The van der Waals surface area contributed by atoms with Crippen LogP contribution in [0.4, 0.5) is 4.79 Å². The van der Waals surface area contributed by atoms with Crippen molar-refractivity contribution in [3.63, 3.8) is 0 Å². The number of hydrogen-bond donors (Lipinski definition) is 1. The third-order valence-electron chi connectivity index (χ3n) is 6.61. The molecule has 7 nitrogen and oxygen atoms in total. The molecule has 2 amide bonds. The molecule has 36 heavy (non-hydrogen) atoms. The third kappa shape index (κ3) is 6.03. The number of esters is 1. The second-order valence-electron chi connectivity index (χ2n) is 8.91. The normalized spacial score (nSPS) is 19.4. The van der Waals surface area contributed by atoms with E-state index in [0.29, 0.717) is 40.0 Å². The number of halogens is 2. The Hall–Kier alpha value is -2.58. The lowest BCUT2D eigenvalue weighted by molar-refractivity contribution is -0.139. The van der Waals surface area contributed by atoms with Gasteiger partial charge in [-0.1, -0.05) is 59.6 Å². The fourth-order valence-electron chi connectivity index (χ4n) is 4.79. The van der Waals surface area contributed by atoms with E-state index < -0.39 is 12.0 Å². The van der Waals surface area contributed by atoms with Crippen molar-refractivity contribution in [1.29, 1.82) is 0 Å². The third-order valence-corrected chi connectivity index (χ3v) is 7.17. The molecule has 2 aliphatic heterocycles. The summed E-state index contributed by atoms with van der Waals surface area (Å²) in [7, 11) is 0. The molecule has 192 valence electrons. The van der Waals surface area contributed by atoms with Crippen molar-refractivity contribution < 1.29 is 14.3 Å². The highest BCUT2D eigenvalue weighted by Gasteiger charge is 2.39. The molecule has 2 aliphatic rings. The van der Waals surface area contributed by atoms with Crippen LogP contribution in [0.2, 0.25) is 10.0 Å². The number of urea groups is 1. The number of ether oxygens (including phenoxy) is 1. The van der Waals surface area contributed by atoms with E-state index in [0.717, 1.165) is 32.7 Å². The number of piperazine rings is 1. The van der Waals surface area contributed by atoms with Crippen molar-refractivity contribution in [2.45, 2.75) is 26.4 Å². The Morgan fingerprint density at radius 1 is 1.00 bits per heavy atom. The number of carbonyl (C=O) groups is 2. The number of rotatable bonds is 8. The zero-order valence-corrected chi connectivity index (χ0v) is 22.2. The van der Waals surface area contributed by atoms with Crippen LogP contribution in [0.25, 0.3) is 0 Å². The van der Waals surface area contributed by atoms with Gasteiger partial charge in [-0.25, -0.2) is 9.59 Å². The van der Waals surface area contributed by atoms with Gasteiger partial charge in [-0.05, 0) is 37.1 Å². The fourth-order valence-corrected chi connectivity index (χ4v) is 5.30. The Morgan fingerprint density at radius 2 is 1.67 bits per heavy atom. The molecular formula is C27H32Cl2N4O3. The van der Waals surface area contributed by atoms with Gasteiger partial charge in [0.2, 0.25) is 0 Å². The minimum atomic E-state index is -0.724. The molecule has 1 saturated heterocycles. The van der Waals surface area contributed by atoms with Crippen molar-refractivity contribution in [1.82, 2.24) is 20.0 Å². The van der Waals surface area contributed by atoms with E-state index in [1.807, 2.05) is 13.0 Å². The minimum absolute atomic E-state index is 0.231. The summed E-state index contributed by atoms with van der Waals surface area (Å²) in [4.78, 5) is 32.8. The van der Waals surface area contributed by atoms with Gasteiger partial charge in [0.15, 0.2) is 0 Å². The first-order chi connectivity index (χ1) is 17.4. The highest BCUT2D eigenvalue weighted by molar-refractivity contribution is 6.35. The zero-order valence-electron chi connectivity index (χ0n) is 20.7. The van der Waals surface area contributed by atoms with E-state index in [4.69, 9.17) is 27.9 Å². The lowest BCUT2D eigenvalue weighted by Crippen LogP contribution is -2.53. The summed E-state index contributed by atoms with van der Waals surface area (Å²) in [5, 5.41) is 3.82. The van der Waals surface area contributed by atoms with Crippen molar-refractivity contribution >= 4 is 35.2 Å². The molecule has 4 rings (SSSR count). The number of amides is 2. The van der Waals surface area contributed by atoms with Crippen LogP contribution in [0.15, 0.2) is 59.8 Å². The molecule has 1 atom stereocenters. The molecular weight excluding hydrogens is 499 g/mol. The lowest BCUT2D eigenvalue weighted by Gasteiger charge is -2.40. The van der Waals surface area contributed by atoms with Gasteiger partial charge in [0, 0.05) is 61.6 Å². The molecule has 9 heteroatoms. The summed E-state index contributed by atoms with van der Waals surface area (Å²) >= 11 is 12.6. The van der Waals surface area contributed by atoms with Crippen LogP contribution >= 0.6 is 23.2 Å². The fraction of sp³-hybridized carbons (Fsp3) is 0.407. The van der Waals surface area contributed by atoms with Crippen LogP contribution in [0.1, 0.15) is 31.0 Å². The van der Waals surface area contributed by atoms with E-state index in [-0.39, 0.29) is 12.6 Å². The first kappa shape index (κ1) is 26.5. The van der Waals surface area contributed by atoms with Gasteiger partial charge in [-0.3, -0.25) is 14.7 Å². The molecule has 0 aliphatic carbocycles. The molecule has 2 heterocycles. The molecule has 2 aromatic rings. The van der Waals surface area contributed by atoms with Crippen molar-refractivity contribution in [2.24, 2.45) is 0 Å². The van der Waals surface area contributed by atoms with Gasteiger partial charge >= 0.3 is 12.0 Å². The van der Waals surface area contributed by atoms with E-state index in [1.54, 1.807) is 30.0 Å². The maximum absolute atomic E-state index is 13.3. The molecule has 0 bridgehead atoms. The summed E-state index contributed by atoms with van der Waals surface area (Å²) in [5.41, 5.74) is 2.97. The molecule has 0 spiro atoms. The van der Waals surface area contributed by atoms with Crippen LogP contribution in [0.3, 0.4) is 0 Å². The zero-order chi connectivity index (χ0) is 25.7. The summed E-state index contributed by atoms with van der Waals surface area (Å²) in [6, 6.07) is 14.5. The van der Waals surface area contributed by atoms with Gasteiger partial charge in [-0.2, -0.15) is 0 Å². The van der Waals surface area contributed by atoms with Crippen LogP contribution in [-0.4, -0.2) is 72.6 Å². The molecule has 0 radical (unpaired) electrons. The number of benzene rings is 2. The Kier molecular flexibility index (Phi) is 8.90. The van der Waals surface area contributed by atoms with E-state index in [1.165, 1.54) is 5.56 Å². The number of hydrogen-bond acceptors (Lipinski definition) is 5. The lowest BCUT2D eigenvalue weighted by atomic mass is 9.94. The average Bonchev–Trinajstić information content (AvgIpc) is 2.86. The largest absolute Gasteiger partial charge is 0.463 e. The molecule has 1 N–H and O–H groups in total. The van der Waals surface area contributed by atoms with Crippen LogP contribution in [-0.2, 0) is 16.1 Å². The standard InChI is InChI=1S/C27H32Cl2N4O3/c1-3-33-23(18-32-14-12-31(13-15-32)17-19-8-6-5-7-9-19)24(26(34)36-4-2)25(30-27(33)35)21-11-10-20(28)16-22(21)29/h5-11,16,25H,3-4,12-15,17-18H2,1-2H3,(H,30,35)/t25-/m0/s1. The maximum atomic E-state index is 13.3. The molecule has 0 aromatic heterocycles. The van der Waals surface area contributed by atoms with Gasteiger partial charge in [0.05, 0.1) is 18.2 Å². The Balaban J connectivity index is 1.61. The van der Waals surface area contributed by atoms with Gasteiger partial charge < -0.3 is 10.1 Å². The summed E-state index contributed by atoms with van der Waals surface area (Å²) in [6.07, 6.45) is 0. The van der Waals surface area contributed by atoms with Crippen LogP contribution < -0.4 is 5.32 Å².